The first-order valence-corrected chi connectivity index (χ1v) is 9.63. The Morgan fingerprint density at radius 3 is 2.67 bits per heavy atom. The predicted molar refractivity (Wildman–Crippen MR) is 97.4 cm³/mol. The van der Waals surface area contributed by atoms with Gasteiger partial charge in [-0.15, -0.1) is 6.58 Å². The molecule has 1 saturated carbocycles. The summed E-state index contributed by atoms with van der Waals surface area (Å²) in [6, 6.07) is 0.0929. The van der Waals surface area contributed by atoms with E-state index in [2.05, 4.69) is 32.7 Å². The number of carbonyl (C=O) groups is 2. The maximum Gasteiger partial charge on any atom is 0.243 e. The third-order valence-corrected chi connectivity index (χ3v) is 5.50. The highest BCUT2D eigenvalue weighted by Gasteiger charge is 2.39. The van der Waals surface area contributed by atoms with E-state index >= 15 is 0 Å². The van der Waals surface area contributed by atoms with Crippen LogP contribution in [-0.2, 0) is 9.59 Å². The van der Waals surface area contributed by atoms with E-state index < -0.39 is 0 Å². The fourth-order valence-corrected chi connectivity index (χ4v) is 3.85. The van der Waals surface area contributed by atoms with Crippen molar-refractivity contribution in [3.63, 3.8) is 0 Å². The van der Waals surface area contributed by atoms with Crippen molar-refractivity contribution in [2.45, 2.75) is 77.8 Å². The number of allylic oxidation sites excluding steroid dienone is 1. The van der Waals surface area contributed by atoms with Crippen molar-refractivity contribution >= 4 is 11.8 Å². The first kappa shape index (κ1) is 19.0. The molecule has 2 aliphatic rings. The lowest BCUT2D eigenvalue weighted by atomic mass is 9.91. The predicted octanol–water partition coefficient (Wildman–Crippen LogP) is 3.52. The van der Waals surface area contributed by atoms with Gasteiger partial charge in [0.2, 0.25) is 11.8 Å². The molecule has 0 aromatic rings. The number of hydrogen-bond donors (Lipinski definition) is 1. The first-order chi connectivity index (χ1) is 11.4. The molecule has 2 rings (SSSR count). The minimum atomic E-state index is -0.240. The highest BCUT2D eigenvalue weighted by atomic mass is 16.2. The van der Waals surface area contributed by atoms with Crippen LogP contribution >= 0.6 is 0 Å². The van der Waals surface area contributed by atoms with Crippen LogP contribution in [-0.4, -0.2) is 35.3 Å². The Labute approximate surface area is 147 Å². The summed E-state index contributed by atoms with van der Waals surface area (Å²) >= 11 is 0. The van der Waals surface area contributed by atoms with Gasteiger partial charge in [-0.2, -0.15) is 0 Å². The summed E-state index contributed by atoms with van der Waals surface area (Å²) in [5.74, 6) is 1.78. The average molecular weight is 335 g/mol. The zero-order valence-corrected chi connectivity index (χ0v) is 15.6. The number of nitrogens with zero attached hydrogens (tertiary/aromatic N) is 1. The Kier molecular flexibility index (Phi) is 6.88. The van der Waals surface area contributed by atoms with E-state index in [-0.39, 0.29) is 17.9 Å². The molecule has 5 atom stereocenters. The monoisotopic (exact) mass is 334 g/mol. The van der Waals surface area contributed by atoms with Crippen LogP contribution in [0.3, 0.4) is 0 Å². The second-order valence-electron chi connectivity index (χ2n) is 8.09. The lowest BCUT2D eigenvalue weighted by Gasteiger charge is -2.26. The van der Waals surface area contributed by atoms with Crippen LogP contribution in [0.1, 0.15) is 65.7 Å². The molecule has 0 spiro atoms. The van der Waals surface area contributed by atoms with Crippen molar-refractivity contribution in [2.24, 2.45) is 17.8 Å². The summed E-state index contributed by atoms with van der Waals surface area (Å²) in [7, 11) is 0. The Bertz CT molecular complexity index is 463. The van der Waals surface area contributed by atoms with Crippen LogP contribution in [0, 0.1) is 17.8 Å². The topological polar surface area (TPSA) is 49.4 Å². The summed E-state index contributed by atoms with van der Waals surface area (Å²) in [6.45, 7) is 11.0. The van der Waals surface area contributed by atoms with Crippen LogP contribution in [0.2, 0.25) is 0 Å². The molecule has 2 amide bonds. The summed E-state index contributed by atoms with van der Waals surface area (Å²) in [4.78, 5) is 26.9. The lowest BCUT2D eigenvalue weighted by molar-refractivity contribution is -0.139. The molecule has 4 heteroatoms. The quantitative estimate of drug-likeness (QED) is 0.656. The van der Waals surface area contributed by atoms with Crippen molar-refractivity contribution in [1.29, 1.82) is 0 Å². The zero-order valence-electron chi connectivity index (χ0n) is 15.6. The molecule has 1 N–H and O–H groups in total. The minimum absolute atomic E-state index is 0.0576. The van der Waals surface area contributed by atoms with Gasteiger partial charge in [0.1, 0.15) is 6.04 Å². The van der Waals surface area contributed by atoms with Gasteiger partial charge in [0.05, 0.1) is 0 Å². The van der Waals surface area contributed by atoms with E-state index in [1.54, 1.807) is 0 Å². The molecule has 0 bridgehead atoms. The summed E-state index contributed by atoms with van der Waals surface area (Å²) in [6.07, 6.45) is 8.57. The van der Waals surface area contributed by atoms with Crippen molar-refractivity contribution < 1.29 is 9.59 Å². The second kappa shape index (κ2) is 8.68. The lowest BCUT2D eigenvalue weighted by Crippen LogP contribution is -2.47. The fraction of sp³-hybridized carbons (Fsp3) is 0.800. The fourth-order valence-electron chi connectivity index (χ4n) is 3.85. The largest absolute Gasteiger partial charge is 0.351 e. The maximum atomic E-state index is 12.7. The molecule has 24 heavy (non-hydrogen) atoms. The first-order valence-electron chi connectivity index (χ1n) is 9.63. The van der Waals surface area contributed by atoms with Crippen molar-refractivity contribution in [1.82, 2.24) is 10.2 Å². The molecule has 1 heterocycles. The van der Waals surface area contributed by atoms with Crippen LogP contribution in [0.25, 0.3) is 0 Å². The second-order valence-corrected chi connectivity index (χ2v) is 8.09. The molecule has 4 nitrogen and oxygen atoms in total. The molecule has 0 aromatic heterocycles. The molecule has 0 radical (unpaired) electrons. The van der Waals surface area contributed by atoms with E-state index in [9.17, 15) is 9.59 Å². The number of carbonyl (C=O) groups excluding carboxylic acids is 2. The Morgan fingerprint density at radius 2 is 2.04 bits per heavy atom. The molecular weight excluding hydrogens is 300 g/mol. The molecule has 2 fully saturated rings. The molecule has 1 saturated heterocycles. The van der Waals surface area contributed by atoms with Crippen LogP contribution in [0.4, 0.5) is 0 Å². The van der Waals surface area contributed by atoms with Gasteiger partial charge in [-0.05, 0) is 56.3 Å². The minimum Gasteiger partial charge on any atom is -0.351 e. The van der Waals surface area contributed by atoms with Gasteiger partial charge in [0, 0.05) is 19.0 Å². The van der Waals surface area contributed by atoms with Gasteiger partial charge in [-0.1, -0.05) is 26.8 Å². The van der Waals surface area contributed by atoms with Gasteiger partial charge in [-0.25, -0.2) is 0 Å². The number of amides is 2. The van der Waals surface area contributed by atoms with Crippen LogP contribution in [0.15, 0.2) is 12.7 Å². The Hall–Kier alpha value is -1.32. The van der Waals surface area contributed by atoms with Crippen LogP contribution in [0.5, 0.6) is 0 Å². The van der Waals surface area contributed by atoms with Gasteiger partial charge < -0.3 is 10.2 Å². The summed E-state index contributed by atoms with van der Waals surface area (Å²) in [5.41, 5.74) is 0. The van der Waals surface area contributed by atoms with E-state index in [1.807, 2.05) is 11.0 Å². The van der Waals surface area contributed by atoms with Gasteiger partial charge in [-0.3, -0.25) is 9.59 Å². The molecule has 1 aliphatic carbocycles. The standard InChI is InChI=1S/C20H34N2O2/c1-5-6-8-14(2)11-15(3)12-19(23)22-10-7-9-18(22)20(24)21-17-13-16(17)4/h5,14-18H,1,6-13H2,2-4H3,(H,21,24)/t14-,15-,16?,17-,18+/m1/s1. The van der Waals surface area contributed by atoms with Gasteiger partial charge >= 0.3 is 0 Å². The van der Waals surface area contributed by atoms with E-state index in [0.29, 0.717) is 30.2 Å². The SMILES string of the molecule is C=CCC[C@@H](C)C[C@@H](C)CC(=O)N1CCC[C@H]1C(=O)N[C@@H]1CC1C. The van der Waals surface area contributed by atoms with Gasteiger partial charge in [0.25, 0.3) is 0 Å². The normalized spacial score (nSPS) is 28.3. The number of nitrogens with one attached hydrogen (secondary N) is 1. The third-order valence-electron chi connectivity index (χ3n) is 5.50. The molecule has 136 valence electrons. The number of likely N-dealkylation sites (tertiary alicyclic amines) is 1. The van der Waals surface area contributed by atoms with Crippen LogP contribution < -0.4 is 5.32 Å². The highest BCUT2D eigenvalue weighted by molar-refractivity contribution is 5.88. The van der Waals surface area contributed by atoms with Gasteiger partial charge in [0.15, 0.2) is 0 Å². The Balaban J connectivity index is 1.79. The van der Waals surface area contributed by atoms with Crippen molar-refractivity contribution in [2.75, 3.05) is 6.54 Å². The average Bonchev–Trinajstić information content (AvgIpc) is 3.03. The highest BCUT2D eigenvalue weighted by Crippen LogP contribution is 2.30. The van der Waals surface area contributed by atoms with E-state index in [1.165, 1.54) is 0 Å². The number of hydrogen-bond acceptors (Lipinski definition) is 2. The number of rotatable bonds is 9. The zero-order chi connectivity index (χ0) is 17.7. The molecule has 1 unspecified atom stereocenters. The summed E-state index contributed by atoms with van der Waals surface area (Å²) in [5, 5.41) is 3.10. The molecule has 1 aliphatic heterocycles. The summed E-state index contributed by atoms with van der Waals surface area (Å²) < 4.78 is 0. The van der Waals surface area contributed by atoms with E-state index in [0.717, 1.165) is 45.1 Å². The Morgan fingerprint density at radius 1 is 1.33 bits per heavy atom. The third kappa shape index (κ3) is 5.35. The van der Waals surface area contributed by atoms with E-state index in [4.69, 9.17) is 0 Å². The van der Waals surface area contributed by atoms with Crippen molar-refractivity contribution in [3.05, 3.63) is 12.7 Å². The van der Waals surface area contributed by atoms with Crippen molar-refractivity contribution in [3.8, 4) is 0 Å². The smallest absolute Gasteiger partial charge is 0.243 e. The molecule has 0 aromatic carbocycles. The molecular formula is C20H34N2O2. The maximum absolute atomic E-state index is 12.7.